The van der Waals surface area contributed by atoms with E-state index in [2.05, 4.69) is 59.9 Å². The second-order valence-electron chi connectivity index (χ2n) is 7.65. The second kappa shape index (κ2) is 8.58. The van der Waals surface area contributed by atoms with Gasteiger partial charge in [0.2, 0.25) is 0 Å². The van der Waals surface area contributed by atoms with Crippen molar-refractivity contribution in [1.29, 1.82) is 0 Å². The molecule has 0 amide bonds. The van der Waals surface area contributed by atoms with E-state index in [0.29, 0.717) is 6.54 Å². The van der Waals surface area contributed by atoms with E-state index in [1.54, 1.807) is 0 Å². The zero-order valence-electron chi connectivity index (χ0n) is 16.0. The molecule has 4 N–H and O–H groups in total. The topological polar surface area (TPSA) is 72.4 Å². The Kier molecular flexibility index (Phi) is 6.20. The van der Waals surface area contributed by atoms with E-state index in [0.717, 1.165) is 44.7 Å². The minimum Gasteiger partial charge on any atom is -0.392 e. The highest BCUT2D eigenvalue weighted by Gasteiger charge is 2.35. The maximum absolute atomic E-state index is 10.4. The number of guanidine groups is 1. The number of hydrogen-bond acceptors (Lipinski definition) is 2. The van der Waals surface area contributed by atoms with Gasteiger partial charge in [-0.15, -0.1) is 0 Å². The fourth-order valence-electron chi connectivity index (χ4n) is 3.82. The van der Waals surface area contributed by atoms with Crippen molar-refractivity contribution in [2.45, 2.75) is 52.1 Å². The Bertz CT molecular complexity index is 738. The molecular formula is C21H32N4O. The standard InChI is InChI=1S/C21H32N4O/c1-3-22-20(25-15-21(2)12-7-6-10-19(21)26)23-13-11-16-14-24-18-9-5-4-8-17(16)18/h4-5,8-9,14,19,24,26H,3,6-7,10-13,15H2,1-2H3,(H2,22,23,25). The SMILES string of the molecule is CCNC(=NCC1(C)CCCCC1O)NCCc1c[nH]c2ccccc12. The van der Waals surface area contributed by atoms with Crippen molar-refractivity contribution in [2.75, 3.05) is 19.6 Å². The number of nitrogens with zero attached hydrogens (tertiary/aromatic N) is 1. The number of aliphatic imine (C=N–C) groups is 1. The first-order valence-electron chi connectivity index (χ1n) is 9.87. The first-order valence-corrected chi connectivity index (χ1v) is 9.87. The van der Waals surface area contributed by atoms with E-state index in [1.807, 2.05) is 0 Å². The highest BCUT2D eigenvalue weighted by Crippen LogP contribution is 2.36. The quantitative estimate of drug-likeness (QED) is 0.474. The first-order chi connectivity index (χ1) is 12.6. The Morgan fingerprint density at radius 1 is 1.31 bits per heavy atom. The van der Waals surface area contributed by atoms with E-state index < -0.39 is 0 Å². The van der Waals surface area contributed by atoms with Gasteiger partial charge >= 0.3 is 0 Å². The molecular weight excluding hydrogens is 324 g/mol. The molecule has 26 heavy (non-hydrogen) atoms. The van der Waals surface area contributed by atoms with Crippen LogP contribution in [0.5, 0.6) is 0 Å². The molecule has 0 aliphatic heterocycles. The number of benzene rings is 1. The summed E-state index contributed by atoms with van der Waals surface area (Å²) in [5.74, 6) is 0.839. The van der Waals surface area contributed by atoms with Crippen LogP contribution in [0.3, 0.4) is 0 Å². The van der Waals surface area contributed by atoms with Crippen molar-refractivity contribution in [3.63, 3.8) is 0 Å². The van der Waals surface area contributed by atoms with Crippen LogP contribution in [0.4, 0.5) is 0 Å². The Morgan fingerprint density at radius 2 is 2.15 bits per heavy atom. The number of aromatic amines is 1. The molecule has 1 aliphatic carbocycles. The lowest BCUT2D eigenvalue weighted by Gasteiger charge is -2.37. The molecule has 1 aromatic heterocycles. The molecule has 2 atom stereocenters. The van der Waals surface area contributed by atoms with Crippen LogP contribution < -0.4 is 10.6 Å². The highest BCUT2D eigenvalue weighted by molar-refractivity contribution is 5.83. The highest BCUT2D eigenvalue weighted by atomic mass is 16.3. The van der Waals surface area contributed by atoms with Crippen LogP contribution in [0.25, 0.3) is 10.9 Å². The number of aliphatic hydroxyl groups excluding tert-OH is 1. The van der Waals surface area contributed by atoms with Crippen molar-refractivity contribution in [1.82, 2.24) is 15.6 Å². The van der Waals surface area contributed by atoms with Gasteiger partial charge < -0.3 is 20.7 Å². The first kappa shape index (κ1) is 18.8. The lowest BCUT2D eigenvalue weighted by atomic mass is 9.73. The molecule has 0 bridgehead atoms. The van der Waals surface area contributed by atoms with Gasteiger partial charge in [0.25, 0.3) is 0 Å². The maximum Gasteiger partial charge on any atom is 0.191 e. The van der Waals surface area contributed by atoms with E-state index in [1.165, 1.54) is 22.9 Å². The van der Waals surface area contributed by atoms with E-state index in [9.17, 15) is 5.11 Å². The summed E-state index contributed by atoms with van der Waals surface area (Å²) >= 11 is 0. The molecule has 5 nitrogen and oxygen atoms in total. The van der Waals surface area contributed by atoms with Gasteiger partial charge in [0.05, 0.1) is 12.6 Å². The number of H-pyrrole nitrogens is 1. The minimum absolute atomic E-state index is 0.0998. The summed E-state index contributed by atoms with van der Waals surface area (Å²) in [7, 11) is 0. The van der Waals surface area contributed by atoms with E-state index in [4.69, 9.17) is 4.99 Å². The molecule has 1 saturated carbocycles. The molecule has 5 heteroatoms. The van der Waals surface area contributed by atoms with Crippen LogP contribution in [0.1, 0.15) is 45.1 Å². The maximum atomic E-state index is 10.4. The lowest BCUT2D eigenvalue weighted by molar-refractivity contribution is 0.00716. The number of fused-ring (bicyclic) bond motifs is 1. The normalized spacial score (nSPS) is 24.0. The molecule has 1 aromatic carbocycles. The molecule has 142 valence electrons. The van der Waals surface area contributed by atoms with Gasteiger partial charge in [-0.2, -0.15) is 0 Å². The number of aliphatic hydroxyl groups is 1. The fourth-order valence-corrected chi connectivity index (χ4v) is 3.82. The van der Waals surface area contributed by atoms with Crippen molar-refractivity contribution in [3.05, 3.63) is 36.0 Å². The smallest absolute Gasteiger partial charge is 0.191 e. The Labute approximate surface area is 156 Å². The fraction of sp³-hybridized carbons (Fsp3) is 0.571. The number of aromatic nitrogens is 1. The number of hydrogen-bond donors (Lipinski definition) is 4. The van der Waals surface area contributed by atoms with Crippen LogP contribution in [0.15, 0.2) is 35.5 Å². The molecule has 0 spiro atoms. The average Bonchev–Trinajstić information content (AvgIpc) is 3.06. The molecule has 3 rings (SSSR count). The number of rotatable bonds is 6. The summed E-state index contributed by atoms with van der Waals surface area (Å²) in [6.45, 7) is 6.56. The number of para-hydroxylation sites is 1. The molecule has 1 heterocycles. The number of nitrogens with one attached hydrogen (secondary N) is 3. The van der Waals surface area contributed by atoms with E-state index in [-0.39, 0.29) is 11.5 Å². The van der Waals surface area contributed by atoms with Crippen molar-refractivity contribution in [3.8, 4) is 0 Å². The van der Waals surface area contributed by atoms with Crippen LogP contribution in [0.2, 0.25) is 0 Å². The predicted octanol–water partition coefficient (Wildman–Crippen LogP) is 3.21. The zero-order valence-corrected chi connectivity index (χ0v) is 16.0. The summed E-state index contributed by atoms with van der Waals surface area (Å²) < 4.78 is 0. The second-order valence-corrected chi connectivity index (χ2v) is 7.65. The zero-order chi connectivity index (χ0) is 18.4. The van der Waals surface area contributed by atoms with Gasteiger partial charge in [0, 0.05) is 35.6 Å². The molecule has 1 fully saturated rings. The summed E-state index contributed by atoms with van der Waals surface area (Å²) in [6.07, 6.45) is 7.05. The van der Waals surface area contributed by atoms with Crippen LogP contribution in [0, 0.1) is 5.41 Å². The van der Waals surface area contributed by atoms with Crippen molar-refractivity contribution < 1.29 is 5.11 Å². The Hall–Kier alpha value is -2.01. The molecule has 2 unspecified atom stereocenters. The predicted molar refractivity (Wildman–Crippen MR) is 109 cm³/mol. The van der Waals surface area contributed by atoms with Gasteiger partial charge in [-0.3, -0.25) is 4.99 Å². The van der Waals surface area contributed by atoms with Crippen LogP contribution in [-0.4, -0.2) is 41.8 Å². The molecule has 2 aromatic rings. The summed E-state index contributed by atoms with van der Waals surface area (Å²) in [5.41, 5.74) is 2.40. The van der Waals surface area contributed by atoms with E-state index >= 15 is 0 Å². The van der Waals surface area contributed by atoms with Gasteiger partial charge in [0.15, 0.2) is 5.96 Å². The van der Waals surface area contributed by atoms with Gasteiger partial charge in [-0.05, 0) is 37.8 Å². The largest absolute Gasteiger partial charge is 0.392 e. The average molecular weight is 357 g/mol. The minimum atomic E-state index is -0.242. The van der Waals surface area contributed by atoms with Gasteiger partial charge in [-0.25, -0.2) is 0 Å². The Morgan fingerprint density at radius 3 is 2.96 bits per heavy atom. The third kappa shape index (κ3) is 4.39. The third-order valence-corrected chi connectivity index (χ3v) is 5.58. The van der Waals surface area contributed by atoms with Crippen molar-refractivity contribution >= 4 is 16.9 Å². The van der Waals surface area contributed by atoms with Gasteiger partial charge in [-0.1, -0.05) is 38.0 Å². The Balaban J connectivity index is 1.58. The monoisotopic (exact) mass is 356 g/mol. The van der Waals surface area contributed by atoms with Crippen LogP contribution in [-0.2, 0) is 6.42 Å². The molecule has 0 radical (unpaired) electrons. The lowest BCUT2D eigenvalue weighted by Crippen LogP contribution is -2.42. The summed E-state index contributed by atoms with van der Waals surface area (Å²) in [4.78, 5) is 8.10. The molecule has 1 aliphatic rings. The summed E-state index contributed by atoms with van der Waals surface area (Å²) in [5, 5.41) is 18.4. The third-order valence-electron chi connectivity index (χ3n) is 5.58. The van der Waals surface area contributed by atoms with Crippen molar-refractivity contribution in [2.24, 2.45) is 10.4 Å². The molecule has 0 saturated heterocycles. The van der Waals surface area contributed by atoms with Crippen LogP contribution >= 0.6 is 0 Å². The summed E-state index contributed by atoms with van der Waals surface area (Å²) in [6, 6.07) is 8.39. The van der Waals surface area contributed by atoms with Gasteiger partial charge in [0.1, 0.15) is 0 Å².